The van der Waals surface area contributed by atoms with Crippen LogP contribution in [0.1, 0.15) is 45.5 Å². The Hall–Kier alpha value is -3.15. The van der Waals surface area contributed by atoms with Crippen LogP contribution in [0.15, 0.2) is 48.5 Å². The lowest BCUT2D eigenvalue weighted by Crippen LogP contribution is -2.25. The number of carbonyl (C=O) groups is 3. The quantitative estimate of drug-likeness (QED) is 0.714. The van der Waals surface area contributed by atoms with Crippen LogP contribution in [-0.4, -0.2) is 28.9 Å². The van der Waals surface area contributed by atoms with E-state index in [2.05, 4.69) is 10.6 Å². The number of carboxylic acids is 1. The van der Waals surface area contributed by atoms with E-state index in [-0.39, 0.29) is 18.2 Å². The number of carboxylic acid groups (broad SMARTS) is 1. The molecule has 0 heterocycles. The van der Waals surface area contributed by atoms with Gasteiger partial charge in [0.15, 0.2) is 0 Å². The van der Waals surface area contributed by atoms with Crippen molar-refractivity contribution >= 4 is 23.5 Å². The van der Waals surface area contributed by atoms with Gasteiger partial charge in [-0.05, 0) is 61.2 Å². The van der Waals surface area contributed by atoms with E-state index in [0.717, 1.165) is 18.4 Å². The molecule has 0 saturated heterocycles. The highest BCUT2D eigenvalue weighted by Crippen LogP contribution is 2.19. The standard InChI is InChI=1S/C20H20N2O4/c23-18(24)12-3-13-1-8-16(9-2-13)21-19(25)14-4-6-15(7-5-14)20(26)22-17-10-11-17/h1-2,4-9,17H,3,10-12H2,(H,21,25)(H,22,26)(H,23,24). The number of rotatable bonds is 7. The van der Waals surface area contributed by atoms with E-state index in [1.807, 2.05) is 0 Å². The van der Waals surface area contributed by atoms with Crippen LogP contribution in [0.2, 0.25) is 0 Å². The van der Waals surface area contributed by atoms with Gasteiger partial charge in [-0.1, -0.05) is 12.1 Å². The number of aryl methyl sites for hydroxylation is 1. The monoisotopic (exact) mass is 352 g/mol. The van der Waals surface area contributed by atoms with Crippen LogP contribution in [-0.2, 0) is 11.2 Å². The van der Waals surface area contributed by atoms with E-state index in [1.165, 1.54) is 0 Å². The number of anilines is 1. The maximum absolute atomic E-state index is 12.3. The van der Waals surface area contributed by atoms with E-state index >= 15 is 0 Å². The van der Waals surface area contributed by atoms with Crippen molar-refractivity contribution in [1.29, 1.82) is 0 Å². The van der Waals surface area contributed by atoms with Gasteiger partial charge >= 0.3 is 5.97 Å². The van der Waals surface area contributed by atoms with E-state index in [0.29, 0.717) is 29.3 Å². The lowest BCUT2D eigenvalue weighted by Gasteiger charge is -2.08. The second-order valence-electron chi connectivity index (χ2n) is 6.37. The number of hydrogen-bond acceptors (Lipinski definition) is 3. The summed E-state index contributed by atoms with van der Waals surface area (Å²) < 4.78 is 0. The molecule has 0 atom stereocenters. The second kappa shape index (κ2) is 7.82. The summed E-state index contributed by atoms with van der Waals surface area (Å²) >= 11 is 0. The molecule has 0 spiro atoms. The molecule has 26 heavy (non-hydrogen) atoms. The Morgan fingerprint density at radius 1 is 0.885 bits per heavy atom. The van der Waals surface area contributed by atoms with Gasteiger partial charge in [0, 0.05) is 29.3 Å². The van der Waals surface area contributed by atoms with Crippen molar-refractivity contribution in [3.05, 3.63) is 65.2 Å². The Kier molecular flexibility index (Phi) is 5.31. The molecule has 0 aliphatic heterocycles. The van der Waals surface area contributed by atoms with Crippen molar-refractivity contribution in [3.63, 3.8) is 0 Å². The Morgan fingerprint density at radius 2 is 1.46 bits per heavy atom. The summed E-state index contributed by atoms with van der Waals surface area (Å²) in [4.78, 5) is 34.8. The molecule has 1 fully saturated rings. The summed E-state index contributed by atoms with van der Waals surface area (Å²) in [7, 11) is 0. The predicted molar refractivity (Wildman–Crippen MR) is 97.3 cm³/mol. The largest absolute Gasteiger partial charge is 0.481 e. The van der Waals surface area contributed by atoms with E-state index < -0.39 is 5.97 Å². The van der Waals surface area contributed by atoms with Crippen molar-refractivity contribution in [1.82, 2.24) is 5.32 Å². The van der Waals surface area contributed by atoms with Crippen LogP contribution in [0.25, 0.3) is 0 Å². The molecule has 1 aliphatic carbocycles. The Bertz CT molecular complexity index is 809. The molecule has 6 heteroatoms. The minimum Gasteiger partial charge on any atom is -0.481 e. The van der Waals surface area contributed by atoms with Crippen molar-refractivity contribution in [3.8, 4) is 0 Å². The minimum atomic E-state index is -0.836. The number of amides is 2. The smallest absolute Gasteiger partial charge is 0.303 e. The fourth-order valence-electron chi connectivity index (χ4n) is 2.48. The van der Waals surface area contributed by atoms with Gasteiger partial charge in [-0.3, -0.25) is 14.4 Å². The van der Waals surface area contributed by atoms with Crippen molar-refractivity contribution in [2.45, 2.75) is 31.7 Å². The average molecular weight is 352 g/mol. The average Bonchev–Trinajstić information content (AvgIpc) is 3.45. The van der Waals surface area contributed by atoms with Crippen LogP contribution in [0.4, 0.5) is 5.69 Å². The van der Waals surface area contributed by atoms with Crippen LogP contribution in [0, 0.1) is 0 Å². The number of hydrogen-bond donors (Lipinski definition) is 3. The number of benzene rings is 2. The maximum atomic E-state index is 12.3. The molecule has 3 N–H and O–H groups in total. The van der Waals surface area contributed by atoms with Crippen LogP contribution < -0.4 is 10.6 Å². The van der Waals surface area contributed by atoms with Crippen molar-refractivity contribution < 1.29 is 19.5 Å². The Balaban J connectivity index is 1.57. The summed E-state index contributed by atoms with van der Waals surface area (Å²) in [5, 5.41) is 14.4. The first-order valence-electron chi connectivity index (χ1n) is 8.54. The predicted octanol–water partition coefficient (Wildman–Crippen LogP) is 2.85. The van der Waals surface area contributed by atoms with Crippen LogP contribution in [0.3, 0.4) is 0 Å². The fraction of sp³-hybridized carbons (Fsp3) is 0.250. The van der Waals surface area contributed by atoms with E-state index in [9.17, 15) is 14.4 Å². The highest BCUT2D eigenvalue weighted by atomic mass is 16.4. The highest BCUT2D eigenvalue weighted by molar-refractivity contribution is 6.05. The lowest BCUT2D eigenvalue weighted by atomic mass is 10.1. The molecular formula is C20H20N2O4. The molecule has 6 nitrogen and oxygen atoms in total. The number of carbonyl (C=O) groups excluding carboxylic acids is 2. The van der Waals surface area contributed by atoms with Gasteiger partial charge in [0.05, 0.1) is 0 Å². The molecule has 134 valence electrons. The van der Waals surface area contributed by atoms with Crippen molar-refractivity contribution in [2.24, 2.45) is 0 Å². The molecule has 0 unspecified atom stereocenters. The minimum absolute atomic E-state index is 0.0758. The molecule has 2 aromatic rings. The summed E-state index contributed by atoms with van der Waals surface area (Å²) in [6.45, 7) is 0. The molecule has 3 rings (SSSR count). The summed E-state index contributed by atoms with van der Waals surface area (Å²) in [5.41, 5.74) is 2.53. The van der Waals surface area contributed by atoms with Gasteiger partial charge in [0.25, 0.3) is 11.8 Å². The Morgan fingerprint density at radius 3 is 2.00 bits per heavy atom. The molecule has 0 radical (unpaired) electrons. The molecule has 0 bridgehead atoms. The Labute approximate surface area is 151 Å². The zero-order valence-electron chi connectivity index (χ0n) is 14.2. The number of nitrogens with one attached hydrogen (secondary N) is 2. The summed E-state index contributed by atoms with van der Waals surface area (Å²) in [5.74, 6) is -1.22. The van der Waals surface area contributed by atoms with Crippen molar-refractivity contribution in [2.75, 3.05) is 5.32 Å². The van der Waals surface area contributed by atoms with Gasteiger partial charge < -0.3 is 15.7 Å². The summed E-state index contributed by atoms with van der Waals surface area (Å²) in [6, 6.07) is 13.9. The van der Waals surface area contributed by atoms with Gasteiger partial charge in [-0.15, -0.1) is 0 Å². The first-order valence-corrected chi connectivity index (χ1v) is 8.54. The normalized spacial score (nSPS) is 13.1. The van der Waals surface area contributed by atoms with Gasteiger partial charge in [0.2, 0.25) is 0 Å². The first kappa shape index (κ1) is 17.7. The van der Waals surface area contributed by atoms with Gasteiger partial charge in [0.1, 0.15) is 0 Å². The van der Waals surface area contributed by atoms with E-state index in [4.69, 9.17) is 5.11 Å². The fourth-order valence-corrected chi connectivity index (χ4v) is 2.48. The third-order valence-electron chi connectivity index (χ3n) is 4.16. The summed E-state index contributed by atoms with van der Waals surface area (Å²) in [6.07, 6.45) is 2.59. The molecule has 0 aromatic heterocycles. The highest BCUT2D eigenvalue weighted by Gasteiger charge is 2.23. The molecule has 2 aromatic carbocycles. The molecular weight excluding hydrogens is 332 g/mol. The number of aliphatic carboxylic acids is 1. The van der Waals surface area contributed by atoms with E-state index in [1.54, 1.807) is 48.5 Å². The SMILES string of the molecule is O=C(O)CCc1ccc(NC(=O)c2ccc(C(=O)NC3CC3)cc2)cc1. The third kappa shape index (κ3) is 4.92. The first-order chi connectivity index (χ1) is 12.5. The topological polar surface area (TPSA) is 95.5 Å². The van der Waals surface area contributed by atoms with Gasteiger partial charge in [-0.25, -0.2) is 0 Å². The lowest BCUT2D eigenvalue weighted by molar-refractivity contribution is -0.136. The maximum Gasteiger partial charge on any atom is 0.303 e. The molecule has 1 saturated carbocycles. The molecule has 2 amide bonds. The second-order valence-corrected chi connectivity index (χ2v) is 6.37. The van der Waals surface area contributed by atoms with Crippen LogP contribution >= 0.6 is 0 Å². The third-order valence-corrected chi connectivity index (χ3v) is 4.16. The van der Waals surface area contributed by atoms with Gasteiger partial charge in [-0.2, -0.15) is 0 Å². The molecule has 1 aliphatic rings. The zero-order chi connectivity index (χ0) is 18.5. The van der Waals surface area contributed by atoms with Crippen LogP contribution in [0.5, 0.6) is 0 Å². The zero-order valence-corrected chi connectivity index (χ0v) is 14.2.